The zero-order chi connectivity index (χ0) is 22.0. The zero-order valence-electron chi connectivity index (χ0n) is 15.8. The van der Waals surface area contributed by atoms with E-state index in [1.807, 2.05) is 24.3 Å². The highest BCUT2D eigenvalue weighted by molar-refractivity contribution is 7.83. The van der Waals surface area contributed by atoms with Crippen LogP contribution in [-0.4, -0.2) is 40.9 Å². The fraction of sp³-hybridized carbons (Fsp3) is 0.222. The minimum Gasteiger partial charge on any atom is -0.493 e. The summed E-state index contributed by atoms with van der Waals surface area (Å²) in [6, 6.07) is 9.97. The topological polar surface area (TPSA) is 117 Å². The molecule has 0 aliphatic rings. The zero-order valence-corrected chi connectivity index (χ0v) is 16.7. The van der Waals surface area contributed by atoms with Gasteiger partial charge in [-0.05, 0) is 35.4 Å². The molecular weight excluding hydrogens is 412 g/mol. The van der Waals surface area contributed by atoms with Gasteiger partial charge in [0.2, 0.25) is 5.75 Å². The molecule has 0 amide bonds. The van der Waals surface area contributed by atoms with Crippen molar-refractivity contribution >= 4 is 22.5 Å². The van der Waals surface area contributed by atoms with E-state index >= 15 is 0 Å². The summed E-state index contributed by atoms with van der Waals surface area (Å²) >= 11 is 0. The van der Waals surface area contributed by atoms with Gasteiger partial charge in [0.15, 0.2) is 11.5 Å². The van der Waals surface area contributed by atoms with Gasteiger partial charge in [0.1, 0.15) is 5.75 Å². The fourth-order valence-electron chi connectivity index (χ4n) is 2.15. The Balaban J connectivity index is 0.000000749. The number of rotatable bonds is 7. The Labute approximate surface area is 167 Å². The quantitative estimate of drug-likeness (QED) is 0.508. The minimum absolute atomic E-state index is 0.120. The lowest BCUT2D eigenvalue weighted by Gasteiger charge is -2.12. The maximum Gasteiger partial charge on any atom is 0.387 e. The molecule has 160 valence electrons. The van der Waals surface area contributed by atoms with E-state index in [-0.39, 0.29) is 5.75 Å². The summed E-state index contributed by atoms with van der Waals surface area (Å²) < 4.78 is 69.6. The molecule has 8 nitrogen and oxygen atoms in total. The minimum atomic E-state index is -4.17. The second-order valence-electron chi connectivity index (χ2n) is 5.25. The molecule has 29 heavy (non-hydrogen) atoms. The van der Waals surface area contributed by atoms with Crippen LogP contribution in [0.3, 0.4) is 0 Å². The van der Waals surface area contributed by atoms with Crippen LogP contribution in [0.2, 0.25) is 0 Å². The van der Waals surface area contributed by atoms with E-state index < -0.39 is 16.9 Å². The SMILES string of the molecule is COc1cc(/C=C\c2ccc(OC(F)F)cc2)cc(OC)c1OC.NS(=O)(=O)O. The number of nitrogens with two attached hydrogens (primary N) is 1. The molecule has 0 aromatic heterocycles. The summed E-state index contributed by atoms with van der Waals surface area (Å²) in [5.41, 5.74) is 1.68. The van der Waals surface area contributed by atoms with Crippen LogP contribution in [-0.2, 0) is 10.3 Å². The van der Waals surface area contributed by atoms with Crippen molar-refractivity contribution in [2.45, 2.75) is 6.61 Å². The first-order valence-electron chi connectivity index (χ1n) is 7.85. The van der Waals surface area contributed by atoms with E-state index in [0.717, 1.165) is 11.1 Å². The normalized spacial score (nSPS) is 11.0. The third kappa shape index (κ3) is 9.23. The molecule has 0 unspecified atom stereocenters. The van der Waals surface area contributed by atoms with E-state index in [2.05, 4.69) is 9.88 Å². The average Bonchev–Trinajstić information content (AvgIpc) is 2.64. The molecule has 3 N–H and O–H groups in total. The maximum atomic E-state index is 12.1. The Kier molecular flexibility index (Phi) is 9.32. The Hall–Kier alpha value is -2.89. The summed E-state index contributed by atoms with van der Waals surface area (Å²) in [6.07, 6.45) is 3.69. The van der Waals surface area contributed by atoms with Gasteiger partial charge in [-0.1, -0.05) is 24.3 Å². The van der Waals surface area contributed by atoms with Gasteiger partial charge in [-0.2, -0.15) is 17.2 Å². The van der Waals surface area contributed by atoms with Crippen molar-refractivity contribution in [2.24, 2.45) is 5.14 Å². The Morgan fingerprint density at radius 2 is 1.38 bits per heavy atom. The summed E-state index contributed by atoms with van der Waals surface area (Å²) in [5, 5.41) is 3.88. The maximum absolute atomic E-state index is 12.1. The van der Waals surface area contributed by atoms with Gasteiger partial charge in [0.05, 0.1) is 21.3 Å². The molecular formula is C18H21F2NO7S. The van der Waals surface area contributed by atoms with E-state index in [0.29, 0.717) is 17.2 Å². The van der Waals surface area contributed by atoms with Crippen molar-refractivity contribution in [1.29, 1.82) is 0 Å². The van der Waals surface area contributed by atoms with Gasteiger partial charge in [0.25, 0.3) is 0 Å². The number of methoxy groups -OCH3 is 3. The number of hydrogen-bond acceptors (Lipinski definition) is 6. The first-order valence-corrected chi connectivity index (χ1v) is 9.35. The first-order chi connectivity index (χ1) is 13.6. The molecule has 0 bridgehead atoms. The fourth-order valence-corrected chi connectivity index (χ4v) is 2.15. The number of ether oxygens (including phenoxy) is 4. The number of benzene rings is 2. The van der Waals surface area contributed by atoms with Crippen molar-refractivity contribution in [3.63, 3.8) is 0 Å². The van der Waals surface area contributed by atoms with Crippen LogP contribution in [0.4, 0.5) is 8.78 Å². The molecule has 2 aromatic carbocycles. The third-order valence-electron chi connectivity index (χ3n) is 3.26. The molecule has 0 heterocycles. The van der Waals surface area contributed by atoms with Gasteiger partial charge >= 0.3 is 16.9 Å². The molecule has 0 saturated carbocycles. The van der Waals surface area contributed by atoms with Crippen molar-refractivity contribution in [1.82, 2.24) is 0 Å². The third-order valence-corrected chi connectivity index (χ3v) is 3.26. The van der Waals surface area contributed by atoms with E-state index in [1.54, 1.807) is 33.5 Å². The Morgan fingerprint density at radius 3 is 1.76 bits per heavy atom. The monoisotopic (exact) mass is 433 g/mol. The van der Waals surface area contributed by atoms with Crippen LogP contribution in [0.25, 0.3) is 12.2 Å². The predicted octanol–water partition coefficient (Wildman–Crippen LogP) is 3.23. The summed E-state index contributed by atoms with van der Waals surface area (Å²) in [5.74, 6) is 1.75. The van der Waals surface area contributed by atoms with Gasteiger partial charge in [-0.3, -0.25) is 4.55 Å². The van der Waals surface area contributed by atoms with Gasteiger partial charge in [-0.15, -0.1) is 0 Å². The van der Waals surface area contributed by atoms with Crippen LogP contribution in [0.15, 0.2) is 36.4 Å². The van der Waals surface area contributed by atoms with Crippen molar-refractivity contribution in [3.05, 3.63) is 47.5 Å². The Bertz CT molecular complexity index is 883. The molecule has 0 radical (unpaired) electrons. The number of alkyl halides is 2. The lowest BCUT2D eigenvalue weighted by molar-refractivity contribution is -0.0498. The highest BCUT2D eigenvalue weighted by atomic mass is 32.2. The number of hydrogen-bond donors (Lipinski definition) is 2. The number of halogens is 2. The molecule has 0 spiro atoms. The largest absolute Gasteiger partial charge is 0.493 e. The van der Waals surface area contributed by atoms with Gasteiger partial charge in [0, 0.05) is 0 Å². The lowest BCUT2D eigenvalue weighted by atomic mass is 10.1. The predicted molar refractivity (Wildman–Crippen MR) is 104 cm³/mol. The van der Waals surface area contributed by atoms with E-state index in [9.17, 15) is 8.78 Å². The summed E-state index contributed by atoms with van der Waals surface area (Å²) in [6.45, 7) is -2.83. The van der Waals surface area contributed by atoms with Gasteiger partial charge in [-0.25, -0.2) is 5.14 Å². The van der Waals surface area contributed by atoms with E-state index in [1.165, 1.54) is 12.1 Å². The molecule has 11 heteroatoms. The van der Waals surface area contributed by atoms with Crippen molar-refractivity contribution < 1.29 is 40.7 Å². The van der Waals surface area contributed by atoms with Crippen LogP contribution in [0.1, 0.15) is 11.1 Å². The smallest absolute Gasteiger partial charge is 0.387 e. The molecule has 0 fully saturated rings. The van der Waals surface area contributed by atoms with Crippen LogP contribution < -0.4 is 24.1 Å². The highest BCUT2D eigenvalue weighted by Gasteiger charge is 2.12. The van der Waals surface area contributed by atoms with Gasteiger partial charge < -0.3 is 18.9 Å². The second-order valence-corrected chi connectivity index (χ2v) is 6.28. The van der Waals surface area contributed by atoms with Crippen molar-refractivity contribution in [3.8, 4) is 23.0 Å². The molecule has 0 saturated heterocycles. The Morgan fingerprint density at radius 1 is 0.931 bits per heavy atom. The van der Waals surface area contributed by atoms with Crippen molar-refractivity contribution in [2.75, 3.05) is 21.3 Å². The molecule has 2 aromatic rings. The molecule has 0 aliphatic heterocycles. The molecule has 0 atom stereocenters. The van der Waals surface area contributed by atoms with E-state index in [4.69, 9.17) is 27.2 Å². The van der Waals surface area contributed by atoms with Crippen LogP contribution >= 0.6 is 0 Å². The van der Waals surface area contributed by atoms with Crippen LogP contribution in [0.5, 0.6) is 23.0 Å². The second kappa shape index (κ2) is 11.2. The lowest BCUT2D eigenvalue weighted by Crippen LogP contribution is -2.08. The summed E-state index contributed by atoms with van der Waals surface area (Å²) in [7, 11) is 0.470. The summed E-state index contributed by atoms with van der Waals surface area (Å²) in [4.78, 5) is 0. The average molecular weight is 433 g/mol. The standard InChI is InChI=1S/C18H18F2O4.H3NO3S/c1-21-15-10-13(11-16(22-2)17(15)23-3)5-4-12-6-8-14(9-7-12)24-18(19)20;1-5(2,3)4/h4-11,18H,1-3H3;(H3,1,2,3,4)/b5-4-;. The highest BCUT2D eigenvalue weighted by Crippen LogP contribution is 2.38. The molecule has 2 rings (SSSR count). The first kappa shape index (κ1) is 24.1. The van der Waals surface area contributed by atoms with Crippen LogP contribution in [0, 0.1) is 0 Å². The molecule has 0 aliphatic carbocycles.